The molecule has 18 heavy (non-hydrogen) atoms. The number of aromatic nitrogens is 1. The maximum Gasteiger partial charge on any atom is 0.0514 e. The molecule has 0 bridgehead atoms. The first-order valence-electron chi connectivity index (χ1n) is 5.61. The van der Waals surface area contributed by atoms with Crippen molar-refractivity contribution >= 4 is 35.6 Å². The first-order chi connectivity index (χ1) is 8.24. The molecule has 0 atom stereocenters. The van der Waals surface area contributed by atoms with Crippen LogP contribution in [0.15, 0.2) is 24.3 Å². The predicted molar refractivity (Wildman–Crippen MR) is 78.9 cm³/mol. The summed E-state index contributed by atoms with van der Waals surface area (Å²) in [7, 11) is 0. The van der Waals surface area contributed by atoms with Gasteiger partial charge in [-0.05, 0) is 29.8 Å². The van der Waals surface area contributed by atoms with Crippen LogP contribution in [0.4, 0.5) is 0 Å². The predicted octanol–water partition coefficient (Wildman–Crippen LogP) is 4.06. The number of aromatic amines is 1. The lowest BCUT2D eigenvalue weighted by atomic mass is 10.1. The van der Waals surface area contributed by atoms with Gasteiger partial charge in [-0.15, -0.1) is 12.4 Å². The van der Waals surface area contributed by atoms with Crippen LogP contribution in [0.1, 0.15) is 11.3 Å². The molecule has 2 nitrogen and oxygen atoms in total. The molecule has 0 radical (unpaired) electrons. The van der Waals surface area contributed by atoms with Crippen molar-refractivity contribution in [3.05, 3.63) is 45.6 Å². The second-order valence-corrected chi connectivity index (χ2v) is 5.08. The summed E-state index contributed by atoms with van der Waals surface area (Å²) >= 11 is 12.1. The van der Waals surface area contributed by atoms with Gasteiger partial charge in [-0.25, -0.2) is 0 Å². The van der Waals surface area contributed by atoms with E-state index in [1.807, 2.05) is 12.1 Å². The maximum absolute atomic E-state index is 6.21. The van der Waals surface area contributed by atoms with Crippen molar-refractivity contribution in [3.63, 3.8) is 0 Å². The SMILES string of the molecule is Cl.Clc1ccc(-c2cc3c([nH]2)CCNC3)c(Cl)c1. The van der Waals surface area contributed by atoms with Crippen molar-refractivity contribution in [1.29, 1.82) is 0 Å². The zero-order valence-corrected chi connectivity index (χ0v) is 11.9. The number of rotatable bonds is 1. The highest BCUT2D eigenvalue weighted by molar-refractivity contribution is 6.36. The number of fused-ring (bicyclic) bond motifs is 1. The molecule has 0 unspecified atom stereocenters. The monoisotopic (exact) mass is 302 g/mol. The highest BCUT2D eigenvalue weighted by atomic mass is 35.5. The van der Waals surface area contributed by atoms with Crippen LogP contribution in [0.3, 0.4) is 0 Å². The molecule has 96 valence electrons. The van der Waals surface area contributed by atoms with E-state index in [1.165, 1.54) is 11.3 Å². The van der Waals surface area contributed by atoms with Gasteiger partial charge in [-0.2, -0.15) is 0 Å². The summed E-state index contributed by atoms with van der Waals surface area (Å²) in [6.45, 7) is 1.96. The number of H-pyrrole nitrogens is 1. The summed E-state index contributed by atoms with van der Waals surface area (Å²) in [5.74, 6) is 0. The van der Waals surface area contributed by atoms with Crippen LogP contribution in [0.25, 0.3) is 11.3 Å². The van der Waals surface area contributed by atoms with Gasteiger partial charge in [0.25, 0.3) is 0 Å². The van der Waals surface area contributed by atoms with Crippen molar-refractivity contribution < 1.29 is 0 Å². The van der Waals surface area contributed by atoms with Crippen LogP contribution >= 0.6 is 35.6 Å². The number of halogens is 3. The summed E-state index contributed by atoms with van der Waals surface area (Å²) in [4.78, 5) is 3.44. The molecule has 2 aromatic rings. The minimum Gasteiger partial charge on any atom is -0.358 e. The second kappa shape index (κ2) is 5.54. The van der Waals surface area contributed by atoms with Crippen molar-refractivity contribution in [3.8, 4) is 11.3 Å². The molecular weight excluding hydrogens is 291 g/mol. The van der Waals surface area contributed by atoms with Gasteiger partial charge >= 0.3 is 0 Å². The van der Waals surface area contributed by atoms with Crippen molar-refractivity contribution in [2.24, 2.45) is 0 Å². The van der Waals surface area contributed by atoms with E-state index in [-0.39, 0.29) is 12.4 Å². The maximum atomic E-state index is 6.21. The zero-order valence-electron chi connectivity index (χ0n) is 9.59. The number of hydrogen-bond donors (Lipinski definition) is 2. The first-order valence-corrected chi connectivity index (χ1v) is 6.36. The Labute approximate surface area is 122 Å². The lowest BCUT2D eigenvalue weighted by molar-refractivity contribution is 0.638. The van der Waals surface area contributed by atoms with E-state index in [0.717, 1.165) is 30.8 Å². The minimum absolute atomic E-state index is 0. The normalized spacial score (nSPS) is 13.9. The Balaban J connectivity index is 0.00000120. The molecule has 0 fully saturated rings. The number of hydrogen-bond acceptors (Lipinski definition) is 1. The molecule has 3 rings (SSSR count). The number of nitrogens with one attached hydrogen (secondary N) is 2. The standard InChI is InChI=1S/C13H12Cl2N2.ClH/c14-9-1-2-10(11(15)6-9)13-5-8-7-16-4-3-12(8)17-13;/h1-2,5-6,16-17H,3-4,7H2;1H. The molecule has 2 heterocycles. The van der Waals surface area contributed by atoms with Gasteiger partial charge in [-0.3, -0.25) is 0 Å². The van der Waals surface area contributed by atoms with Gasteiger partial charge in [0.1, 0.15) is 0 Å². The molecule has 1 aliphatic heterocycles. The molecule has 1 aromatic heterocycles. The van der Waals surface area contributed by atoms with Crippen LogP contribution in [-0.4, -0.2) is 11.5 Å². The fourth-order valence-electron chi connectivity index (χ4n) is 2.21. The second-order valence-electron chi connectivity index (χ2n) is 4.24. The quantitative estimate of drug-likeness (QED) is 0.817. The van der Waals surface area contributed by atoms with Gasteiger partial charge < -0.3 is 10.3 Å². The molecule has 0 saturated heterocycles. The third kappa shape index (κ3) is 2.52. The Hall–Kier alpha value is -0.670. The van der Waals surface area contributed by atoms with Crippen LogP contribution in [0, 0.1) is 0 Å². The van der Waals surface area contributed by atoms with E-state index in [0.29, 0.717) is 10.0 Å². The third-order valence-corrected chi connectivity index (χ3v) is 3.63. The fraction of sp³-hybridized carbons (Fsp3) is 0.231. The van der Waals surface area contributed by atoms with Crippen molar-refractivity contribution in [2.75, 3.05) is 6.54 Å². The summed E-state index contributed by atoms with van der Waals surface area (Å²) in [6.07, 6.45) is 1.04. The molecule has 0 saturated carbocycles. The van der Waals surface area contributed by atoms with Crippen molar-refractivity contribution in [1.82, 2.24) is 10.3 Å². The average Bonchev–Trinajstić information content (AvgIpc) is 2.72. The molecular formula is C13H13Cl3N2. The van der Waals surface area contributed by atoms with E-state index in [1.54, 1.807) is 6.07 Å². The largest absolute Gasteiger partial charge is 0.358 e. The smallest absolute Gasteiger partial charge is 0.0514 e. The topological polar surface area (TPSA) is 27.8 Å². The van der Waals surface area contributed by atoms with Crippen LogP contribution in [-0.2, 0) is 13.0 Å². The molecule has 0 aliphatic carbocycles. The van der Waals surface area contributed by atoms with Crippen LogP contribution in [0.5, 0.6) is 0 Å². The van der Waals surface area contributed by atoms with Gasteiger partial charge in [0.2, 0.25) is 0 Å². The Morgan fingerprint density at radius 1 is 1.11 bits per heavy atom. The Kier molecular flexibility index (Phi) is 4.23. The molecule has 0 spiro atoms. The van der Waals surface area contributed by atoms with E-state index >= 15 is 0 Å². The van der Waals surface area contributed by atoms with Crippen LogP contribution < -0.4 is 5.32 Å². The lowest BCUT2D eigenvalue weighted by Crippen LogP contribution is -2.22. The van der Waals surface area contributed by atoms with E-state index < -0.39 is 0 Å². The summed E-state index contributed by atoms with van der Waals surface area (Å²) in [5, 5.41) is 4.70. The average molecular weight is 304 g/mol. The lowest BCUT2D eigenvalue weighted by Gasteiger charge is -2.11. The Morgan fingerprint density at radius 2 is 1.94 bits per heavy atom. The Bertz CT molecular complexity index is 540. The highest BCUT2D eigenvalue weighted by Gasteiger charge is 2.14. The summed E-state index contributed by atoms with van der Waals surface area (Å²) < 4.78 is 0. The molecule has 5 heteroatoms. The van der Waals surface area contributed by atoms with E-state index in [9.17, 15) is 0 Å². The molecule has 0 amide bonds. The minimum atomic E-state index is 0. The summed E-state index contributed by atoms with van der Waals surface area (Å²) in [6, 6.07) is 7.75. The van der Waals surface area contributed by atoms with Gasteiger partial charge in [0, 0.05) is 41.5 Å². The highest BCUT2D eigenvalue weighted by Crippen LogP contribution is 2.31. The molecule has 1 aromatic carbocycles. The van der Waals surface area contributed by atoms with Gasteiger partial charge in [0.15, 0.2) is 0 Å². The van der Waals surface area contributed by atoms with E-state index in [2.05, 4.69) is 16.4 Å². The number of benzene rings is 1. The zero-order chi connectivity index (χ0) is 11.8. The molecule has 2 N–H and O–H groups in total. The van der Waals surface area contributed by atoms with Crippen molar-refractivity contribution in [2.45, 2.75) is 13.0 Å². The Morgan fingerprint density at radius 3 is 2.67 bits per heavy atom. The van der Waals surface area contributed by atoms with Gasteiger partial charge in [-0.1, -0.05) is 23.2 Å². The third-order valence-electron chi connectivity index (χ3n) is 3.08. The molecule has 1 aliphatic rings. The summed E-state index contributed by atoms with van der Waals surface area (Å²) in [5.41, 5.74) is 4.72. The van der Waals surface area contributed by atoms with Gasteiger partial charge in [0.05, 0.1) is 5.02 Å². The van der Waals surface area contributed by atoms with Crippen LogP contribution in [0.2, 0.25) is 10.0 Å². The van der Waals surface area contributed by atoms with E-state index in [4.69, 9.17) is 23.2 Å². The first kappa shape index (κ1) is 13.8. The fourth-order valence-corrected chi connectivity index (χ4v) is 2.72.